The Morgan fingerprint density at radius 2 is 1.81 bits per heavy atom. The molecule has 11 heteroatoms. The van der Waals surface area contributed by atoms with E-state index in [1.165, 1.54) is 6.07 Å². The standard InChI is InChI=1S/C26H25F4N3O3S/c1-25(2,16-7-9-17(36-3)10-8-16)24-31-19(13-21(34)32-24)23(35)33-22(14-4-5-14)15-6-11-20(18(27)12-15)37-26(28,29)30/h6-14,22H,4-5H2,1-3H3,(H,33,35)(H,31,32,34). The Balaban J connectivity index is 1.59. The van der Waals surface area contributed by atoms with Gasteiger partial charge in [-0.1, -0.05) is 18.2 Å². The number of hydrogen-bond acceptors (Lipinski definition) is 5. The molecular weight excluding hydrogens is 510 g/mol. The molecule has 2 N–H and O–H groups in total. The Morgan fingerprint density at radius 3 is 2.38 bits per heavy atom. The van der Waals surface area contributed by atoms with Crippen molar-refractivity contribution in [1.29, 1.82) is 0 Å². The zero-order chi connectivity index (χ0) is 27.0. The molecule has 1 saturated carbocycles. The molecule has 0 radical (unpaired) electrons. The van der Waals surface area contributed by atoms with E-state index in [9.17, 15) is 27.2 Å². The summed E-state index contributed by atoms with van der Waals surface area (Å²) < 4.78 is 57.6. The summed E-state index contributed by atoms with van der Waals surface area (Å²) in [4.78, 5) is 32.2. The third-order valence-electron chi connectivity index (χ3n) is 6.30. The number of ether oxygens (including phenoxy) is 1. The van der Waals surface area contributed by atoms with E-state index in [4.69, 9.17) is 4.74 Å². The van der Waals surface area contributed by atoms with E-state index in [-0.39, 0.29) is 17.4 Å². The van der Waals surface area contributed by atoms with Crippen molar-refractivity contribution in [3.05, 3.63) is 87.3 Å². The first kappa shape index (κ1) is 26.7. The van der Waals surface area contributed by atoms with Gasteiger partial charge in [0.15, 0.2) is 0 Å². The van der Waals surface area contributed by atoms with Crippen LogP contribution in [0.4, 0.5) is 17.6 Å². The highest BCUT2D eigenvalue weighted by atomic mass is 32.2. The molecule has 2 aromatic carbocycles. The van der Waals surface area contributed by atoms with Crippen LogP contribution in [0.5, 0.6) is 5.75 Å². The second kappa shape index (κ2) is 10.2. The van der Waals surface area contributed by atoms with Gasteiger partial charge in [0.25, 0.3) is 11.5 Å². The van der Waals surface area contributed by atoms with Crippen molar-refractivity contribution in [3.8, 4) is 5.75 Å². The van der Waals surface area contributed by atoms with Crippen LogP contribution < -0.4 is 15.6 Å². The van der Waals surface area contributed by atoms with Crippen molar-refractivity contribution in [2.24, 2.45) is 5.92 Å². The number of nitrogens with zero attached hydrogens (tertiary/aromatic N) is 1. The van der Waals surface area contributed by atoms with Gasteiger partial charge in [0.1, 0.15) is 23.1 Å². The fourth-order valence-electron chi connectivity index (χ4n) is 4.05. The zero-order valence-electron chi connectivity index (χ0n) is 20.3. The molecule has 0 aliphatic heterocycles. The quantitative estimate of drug-likeness (QED) is 0.284. The molecule has 1 aliphatic carbocycles. The number of aromatic amines is 1. The summed E-state index contributed by atoms with van der Waals surface area (Å²) in [6.45, 7) is 3.70. The van der Waals surface area contributed by atoms with Crippen molar-refractivity contribution in [3.63, 3.8) is 0 Å². The molecule has 1 fully saturated rings. The number of halogens is 4. The van der Waals surface area contributed by atoms with Gasteiger partial charge >= 0.3 is 5.51 Å². The molecule has 0 bridgehead atoms. The number of nitrogens with one attached hydrogen (secondary N) is 2. The molecule has 1 heterocycles. The average Bonchev–Trinajstić information content (AvgIpc) is 3.68. The Hall–Kier alpha value is -3.34. The molecule has 1 aromatic heterocycles. The van der Waals surface area contributed by atoms with Crippen molar-refractivity contribution >= 4 is 17.7 Å². The van der Waals surface area contributed by atoms with E-state index < -0.39 is 50.9 Å². The van der Waals surface area contributed by atoms with Crippen LogP contribution in [0.15, 0.2) is 58.2 Å². The Kier molecular flexibility index (Phi) is 7.36. The topological polar surface area (TPSA) is 84.1 Å². The highest BCUT2D eigenvalue weighted by molar-refractivity contribution is 8.00. The molecule has 4 rings (SSSR count). The highest BCUT2D eigenvalue weighted by Gasteiger charge is 2.36. The SMILES string of the molecule is COc1ccc(C(C)(C)c2nc(C(=O)NC(c3ccc(SC(F)(F)F)c(F)c3)C3CC3)cc(=O)[nH]2)cc1. The van der Waals surface area contributed by atoms with Crippen molar-refractivity contribution in [1.82, 2.24) is 15.3 Å². The lowest BCUT2D eigenvalue weighted by atomic mass is 9.83. The number of benzene rings is 2. The van der Waals surface area contributed by atoms with E-state index in [2.05, 4.69) is 15.3 Å². The lowest BCUT2D eigenvalue weighted by Gasteiger charge is -2.25. The third kappa shape index (κ3) is 6.33. The number of aromatic nitrogens is 2. The molecule has 1 atom stereocenters. The number of methoxy groups -OCH3 is 1. The van der Waals surface area contributed by atoms with Crippen molar-refractivity contribution < 1.29 is 27.1 Å². The molecule has 196 valence electrons. The van der Waals surface area contributed by atoms with Crippen LogP contribution in [-0.2, 0) is 5.41 Å². The molecule has 0 saturated heterocycles. The van der Waals surface area contributed by atoms with E-state index in [1.54, 1.807) is 19.2 Å². The fraction of sp³-hybridized carbons (Fsp3) is 0.346. The van der Waals surface area contributed by atoms with Gasteiger partial charge < -0.3 is 15.0 Å². The number of amides is 1. The number of carbonyl (C=O) groups excluding carboxylic acids is 1. The summed E-state index contributed by atoms with van der Waals surface area (Å²) >= 11 is -0.529. The number of hydrogen-bond donors (Lipinski definition) is 2. The minimum Gasteiger partial charge on any atom is -0.497 e. The zero-order valence-corrected chi connectivity index (χ0v) is 21.1. The molecule has 3 aromatic rings. The van der Waals surface area contributed by atoms with Crippen molar-refractivity contribution in [2.75, 3.05) is 7.11 Å². The molecule has 37 heavy (non-hydrogen) atoms. The lowest BCUT2D eigenvalue weighted by molar-refractivity contribution is -0.0329. The lowest BCUT2D eigenvalue weighted by Crippen LogP contribution is -2.34. The Bertz CT molecular complexity index is 1350. The van der Waals surface area contributed by atoms with Crippen molar-refractivity contribution in [2.45, 2.75) is 48.5 Å². The van der Waals surface area contributed by atoms with E-state index in [1.807, 2.05) is 26.0 Å². The van der Waals surface area contributed by atoms with Crippen LogP contribution in [0.3, 0.4) is 0 Å². The van der Waals surface area contributed by atoms with Gasteiger partial charge in [-0.2, -0.15) is 13.2 Å². The number of thioether (sulfide) groups is 1. The van der Waals surface area contributed by atoms with Gasteiger partial charge in [0.05, 0.1) is 18.0 Å². The minimum absolute atomic E-state index is 0.00155. The van der Waals surface area contributed by atoms with Gasteiger partial charge in [-0.25, -0.2) is 9.37 Å². The molecule has 6 nitrogen and oxygen atoms in total. The van der Waals surface area contributed by atoms with Crippen LogP contribution in [0, 0.1) is 11.7 Å². The monoisotopic (exact) mass is 535 g/mol. The normalized spacial score (nSPS) is 14.8. The predicted molar refractivity (Wildman–Crippen MR) is 131 cm³/mol. The summed E-state index contributed by atoms with van der Waals surface area (Å²) in [5.74, 6) is -0.706. The number of carbonyl (C=O) groups is 1. The summed E-state index contributed by atoms with van der Waals surface area (Å²) in [7, 11) is 1.56. The first-order valence-corrected chi connectivity index (χ1v) is 12.3. The summed E-state index contributed by atoms with van der Waals surface area (Å²) in [5.41, 5.74) is -4.82. The van der Waals surface area contributed by atoms with E-state index >= 15 is 0 Å². The van der Waals surface area contributed by atoms with Gasteiger partial charge in [-0.05, 0) is 79.8 Å². The summed E-state index contributed by atoms with van der Waals surface area (Å²) in [6, 6.07) is 11.1. The second-order valence-electron chi connectivity index (χ2n) is 9.36. The average molecular weight is 536 g/mol. The van der Waals surface area contributed by atoms with Crippen LogP contribution in [0.2, 0.25) is 0 Å². The maximum Gasteiger partial charge on any atom is 0.446 e. The van der Waals surface area contributed by atoms with Gasteiger partial charge in [-0.3, -0.25) is 9.59 Å². The van der Waals surface area contributed by atoms with E-state index in [0.29, 0.717) is 11.3 Å². The van der Waals surface area contributed by atoms with Gasteiger partial charge in [0, 0.05) is 11.5 Å². The molecule has 1 unspecified atom stereocenters. The Labute approximate surface area is 214 Å². The number of H-pyrrole nitrogens is 1. The first-order valence-electron chi connectivity index (χ1n) is 11.5. The summed E-state index contributed by atoms with van der Waals surface area (Å²) in [5, 5.41) is 2.80. The highest BCUT2D eigenvalue weighted by Crippen LogP contribution is 2.43. The minimum atomic E-state index is -4.62. The Morgan fingerprint density at radius 1 is 1.14 bits per heavy atom. The first-order chi connectivity index (χ1) is 17.4. The number of rotatable bonds is 8. The van der Waals surface area contributed by atoms with Crippen LogP contribution >= 0.6 is 11.8 Å². The summed E-state index contributed by atoms with van der Waals surface area (Å²) in [6.07, 6.45) is 1.54. The maximum absolute atomic E-state index is 14.4. The van der Waals surface area contributed by atoms with Gasteiger partial charge in [-0.15, -0.1) is 0 Å². The molecule has 1 amide bonds. The molecule has 1 aliphatic rings. The molecular formula is C26H25F4N3O3S. The maximum atomic E-state index is 14.4. The third-order valence-corrected chi connectivity index (χ3v) is 7.08. The van der Waals surface area contributed by atoms with Gasteiger partial charge in [0.2, 0.25) is 0 Å². The largest absolute Gasteiger partial charge is 0.497 e. The van der Waals surface area contributed by atoms with E-state index in [0.717, 1.165) is 36.6 Å². The van der Waals surface area contributed by atoms with Crippen LogP contribution in [0.25, 0.3) is 0 Å². The smallest absolute Gasteiger partial charge is 0.446 e. The predicted octanol–water partition coefficient (Wildman–Crippen LogP) is 5.74. The second-order valence-corrected chi connectivity index (χ2v) is 10.5. The fourth-order valence-corrected chi connectivity index (χ4v) is 4.59. The molecule has 0 spiro atoms. The van der Waals surface area contributed by atoms with Crippen LogP contribution in [0.1, 0.15) is 60.2 Å². The van der Waals surface area contributed by atoms with Crippen LogP contribution in [-0.4, -0.2) is 28.5 Å². The number of alkyl halides is 3.